The van der Waals surface area contributed by atoms with E-state index in [0.29, 0.717) is 5.56 Å². The molecule has 0 radical (unpaired) electrons. The maximum absolute atomic E-state index is 7.61. The first kappa shape index (κ1) is 10.3. The molecular weight excluding hydrogens is 268 g/mol. The number of pyridine rings is 2. The van der Waals surface area contributed by atoms with Gasteiger partial charge < -0.3 is 0 Å². The minimum absolute atomic E-state index is 0.355. The summed E-state index contributed by atoms with van der Waals surface area (Å²) in [7, 11) is 1.91. The van der Waals surface area contributed by atoms with Gasteiger partial charge in [0.1, 0.15) is 7.05 Å². The highest BCUT2D eigenvalue weighted by Crippen LogP contribution is 2.41. The van der Waals surface area contributed by atoms with E-state index in [2.05, 4.69) is 30.1 Å². The lowest BCUT2D eigenvalue weighted by Crippen LogP contribution is -2.31. The highest BCUT2D eigenvalue weighted by atomic mass is 14.9. The molecule has 3 aromatic rings. The van der Waals surface area contributed by atoms with E-state index in [4.69, 9.17) is 4.11 Å². The van der Waals surface area contributed by atoms with Gasteiger partial charge in [0, 0.05) is 33.9 Å². The first-order valence-corrected chi connectivity index (χ1v) is 7.43. The van der Waals surface area contributed by atoms with Gasteiger partial charge in [-0.2, -0.15) is 0 Å². The lowest BCUT2D eigenvalue weighted by molar-refractivity contribution is -0.660. The maximum Gasteiger partial charge on any atom is 0.212 e. The first-order valence-electron chi connectivity index (χ1n) is 8.93. The van der Waals surface area contributed by atoms with Crippen molar-refractivity contribution >= 4 is 0 Å². The summed E-state index contributed by atoms with van der Waals surface area (Å²) in [4.78, 5) is 4.53. The fourth-order valence-electron chi connectivity index (χ4n) is 3.42. The van der Waals surface area contributed by atoms with Crippen LogP contribution in [0.1, 0.15) is 26.5 Å². The van der Waals surface area contributed by atoms with E-state index in [1.54, 1.807) is 12.3 Å². The van der Waals surface area contributed by atoms with E-state index in [0.717, 1.165) is 17.8 Å². The summed E-state index contributed by atoms with van der Waals surface area (Å²) >= 11 is 0. The Bertz CT molecular complexity index is 991. The van der Waals surface area contributed by atoms with Crippen molar-refractivity contribution in [3.05, 3.63) is 71.2 Å². The van der Waals surface area contributed by atoms with E-state index < -0.39 is 6.85 Å². The van der Waals surface area contributed by atoms with Gasteiger partial charge in [0.05, 0.1) is 11.3 Å². The third-order valence-corrected chi connectivity index (χ3v) is 4.44. The zero-order valence-electron chi connectivity index (χ0n) is 15.7. The van der Waals surface area contributed by atoms with Crippen molar-refractivity contribution in [1.29, 1.82) is 0 Å². The molecule has 0 N–H and O–H groups in total. The molecule has 0 unspecified atom stereocenters. The highest BCUT2D eigenvalue weighted by Gasteiger charge is 2.26. The molecule has 0 saturated heterocycles. The molecule has 0 fully saturated rings. The summed E-state index contributed by atoms with van der Waals surface area (Å²) in [6, 6.07) is 12.0. The second-order valence-corrected chi connectivity index (χ2v) is 5.87. The van der Waals surface area contributed by atoms with Gasteiger partial charge in [-0.1, -0.05) is 18.2 Å². The van der Waals surface area contributed by atoms with Crippen LogP contribution in [0.25, 0.3) is 22.4 Å². The van der Waals surface area contributed by atoms with Crippen LogP contribution in [0.3, 0.4) is 0 Å². The summed E-state index contributed by atoms with van der Waals surface area (Å²) in [5.74, 6) is 0. The Labute approximate surface area is 135 Å². The molecular formula is C20H19N2+. The van der Waals surface area contributed by atoms with E-state index in [1.165, 1.54) is 27.8 Å². The average molecular weight is 290 g/mol. The van der Waals surface area contributed by atoms with Crippen LogP contribution in [0.4, 0.5) is 0 Å². The minimum atomic E-state index is -2.09. The SMILES string of the molecule is [2H]C([2H])([2H])c1ccc(-c2c(C)ccc3c2Cc2ncccc2-3)[n+](C)c1. The topological polar surface area (TPSA) is 16.8 Å². The summed E-state index contributed by atoms with van der Waals surface area (Å²) in [5.41, 5.74) is 8.53. The molecule has 2 heteroatoms. The molecule has 2 heterocycles. The molecule has 1 aromatic carbocycles. The second kappa shape index (κ2) is 4.77. The third kappa shape index (κ3) is 1.87. The molecule has 0 atom stereocenters. The molecule has 108 valence electrons. The van der Waals surface area contributed by atoms with Gasteiger partial charge in [-0.25, -0.2) is 4.57 Å². The number of aryl methyl sites for hydroxylation is 3. The monoisotopic (exact) mass is 290 g/mol. The van der Waals surface area contributed by atoms with Crippen LogP contribution < -0.4 is 4.57 Å². The molecule has 0 aliphatic heterocycles. The van der Waals surface area contributed by atoms with Crippen LogP contribution in [0, 0.1) is 13.8 Å². The molecule has 2 aromatic heterocycles. The Kier molecular flexibility index (Phi) is 2.23. The maximum atomic E-state index is 7.61. The minimum Gasteiger partial charge on any atom is -0.260 e. The largest absolute Gasteiger partial charge is 0.260 e. The van der Waals surface area contributed by atoms with Gasteiger partial charge in [-0.15, -0.1) is 0 Å². The lowest BCUT2D eigenvalue weighted by atomic mass is 9.94. The zero-order chi connectivity index (χ0) is 17.8. The van der Waals surface area contributed by atoms with Crippen molar-refractivity contribution in [1.82, 2.24) is 4.98 Å². The lowest BCUT2D eigenvalue weighted by Gasteiger charge is -2.11. The van der Waals surface area contributed by atoms with Crippen LogP contribution in [-0.4, -0.2) is 4.98 Å². The summed E-state index contributed by atoms with van der Waals surface area (Å²) < 4.78 is 24.7. The number of fused-ring (bicyclic) bond motifs is 3. The van der Waals surface area contributed by atoms with Gasteiger partial charge in [0.25, 0.3) is 0 Å². The smallest absolute Gasteiger partial charge is 0.212 e. The van der Waals surface area contributed by atoms with Crippen LogP contribution in [0.5, 0.6) is 0 Å². The summed E-state index contributed by atoms with van der Waals surface area (Å²) in [5, 5.41) is 0. The van der Waals surface area contributed by atoms with Gasteiger partial charge in [-0.05, 0) is 42.6 Å². The number of hydrogen-bond acceptors (Lipinski definition) is 1. The molecule has 1 aliphatic rings. The predicted molar refractivity (Wildman–Crippen MR) is 88.6 cm³/mol. The van der Waals surface area contributed by atoms with E-state index in [-0.39, 0.29) is 0 Å². The fraction of sp³-hybridized carbons (Fsp3) is 0.200. The Hall–Kier alpha value is -2.48. The van der Waals surface area contributed by atoms with Gasteiger partial charge in [-0.3, -0.25) is 4.98 Å². The summed E-state index contributed by atoms with van der Waals surface area (Å²) in [6.07, 6.45) is 4.35. The molecule has 2 nitrogen and oxygen atoms in total. The van der Waals surface area contributed by atoms with Crippen LogP contribution in [0.15, 0.2) is 48.8 Å². The predicted octanol–water partition coefficient (Wildman–Crippen LogP) is 3.76. The van der Waals surface area contributed by atoms with Crippen molar-refractivity contribution in [2.45, 2.75) is 20.2 Å². The molecule has 0 amide bonds. The van der Waals surface area contributed by atoms with E-state index in [9.17, 15) is 0 Å². The van der Waals surface area contributed by atoms with Gasteiger partial charge >= 0.3 is 0 Å². The summed E-state index contributed by atoms with van der Waals surface area (Å²) in [6.45, 7) is 0.00776. The number of aromatic nitrogens is 2. The third-order valence-electron chi connectivity index (χ3n) is 4.44. The quantitative estimate of drug-likeness (QED) is 0.488. The molecule has 0 saturated carbocycles. The van der Waals surface area contributed by atoms with Crippen molar-refractivity contribution < 1.29 is 8.68 Å². The van der Waals surface area contributed by atoms with Crippen molar-refractivity contribution in [3.8, 4) is 22.4 Å². The number of hydrogen-bond donors (Lipinski definition) is 0. The van der Waals surface area contributed by atoms with Crippen molar-refractivity contribution in [3.63, 3.8) is 0 Å². The van der Waals surface area contributed by atoms with Crippen LogP contribution in [0.2, 0.25) is 0 Å². The number of benzene rings is 1. The molecule has 0 spiro atoms. The van der Waals surface area contributed by atoms with Gasteiger partial charge in [0.15, 0.2) is 6.20 Å². The van der Waals surface area contributed by atoms with E-state index in [1.807, 2.05) is 29.9 Å². The van der Waals surface area contributed by atoms with E-state index >= 15 is 0 Å². The number of nitrogens with zero attached hydrogens (tertiary/aromatic N) is 2. The Morgan fingerprint density at radius 2 is 2.05 bits per heavy atom. The van der Waals surface area contributed by atoms with Crippen LogP contribution in [-0.2, 0) is 13.5 Å². The van der Waals surface area contributed by atoms with Gasteiger partial charge in [0.2, 0.25) is 5.69 Å². The fourth-order valence-corrected chi connectivity index (χ4v) is 3.42. The first-order chi connectivity index (χ1) is 11.9. The Balaban J connectivity index is 1.91. The molecule has 0 bridgehead atoms. The number of rotatable bonds is 1. The normalized spacial score (nSPS) is 14.7. The average Bonchev–Trinajstić information content (AvgIpc) is 2.93. The van der Waals surface area contributed by atoms with Crippen molar-refractivity contribution in [2.75, 3.05) is 0 Å². The molecule has 4 rings (SSSR count). The standard InChI is InChI=1S/C20H19N2/c1-13-6-9-19(22(3)12-13)20-14(2)7-8-15-16-5-4-10-21-18(16)11-17(15)20/h4-10,12H,11H2,1-3H3/q+1/i1D3. The molecule has 1 aliphatic carbocycles. The Morgan fingerprint density at radius 1 is 1.14 bits per heavy atom. The highest BCUT2D eigenvalue weighted by molar-refractivity contribution is 5.83. The second-order valence-electron chi connectivity index (χ2n) is 5.87. The van der Waals surface area contributed by atoms with Crippen molar-refractivity contribution in [2.24, 2.45) is 7.05 Å². The Morgan fingerprint density at radius 3 is 2.86 bits per heavy atom. The van der Waals surface area contributed by atoms with Crippen LogP contribution >= 0.6 is 0 Å². The molecule has 22 heavy (non-hydrogen) atoms. The zero-order valence-corrected chi connectivity index (χ0v) is 12.7.